The number of hydrogen-bond acceptors (Lipinski definition) is 4. The van der Waals surface area contributed by atoms with Gasteiger partial charge in [0.15, 0.2) is 0 Å². The summed E-state index contributed by atoms with van der Waals surface area (Å²) in [7, 11) is 0. The highest BCUT2D eigenvalue weighted by Crippen LogP contribution is 2.22. The Morgan fingerprint density at radius 1 is 1.08 bits per heavy atom. The summed E-state index contributed by atoms with van der Waals surface area (Å²) in [6, 6.07) is 3.72. The lowest BCUT2D eigenvalue weighted by molar-refractivity contribution is 0.0607. The number of carbonyl (C=O) groups excluding carboxylic acids is 2. The zero-order chi connectivity index (χ0) is 18.5. The SMILES string of the molecule is CCC1CCCCN1C(=O)c1ccnc(C(=O)N2CCN(CC)CC2)c1. The molecule has 2 aliphatic rings. The largest absolute Gasteiger partial charge is 0.336 e. The van der Waals surface area contributed by atoms with E-state index in [-0.39, 0.29) is 11.8 Å². The number of hydrogen-bond donors (Lipinski definition) is 0. The monoisotopic (exact) mass is 358 g/mol. The number of rotatable bonds is 4. The molecule has 6 heteroatoms. The molecular weight excluding hydrogens is 328 g/mol. The standard InChI is InChI=1S/C20H30N4O2/c1-3-17-7-5-6-10-24(17)19(25)16-8-9-21-18(15-16)20(26)23-13-11-22(4-2)12-14-23/h8-9,15,17H,3-7,10-14H2,1-2H3. The van der Waals surface area contributed by atoms with Gasteiger partial charge in [0, 0.05) is 50.5 Å². The summed E-state index contributed by atoms with van der Waals surface area (Å²) in [6.07, 6.45) is 5.88. The summed E-state index contributed by atoms with van der Waals surface area (Å²) in [6.45, 7) is 9.32. The minimum atomic E-state index is -0.0684. The van der Waals surface area contributed by atoms with Crippen LogP contribution in [0.25, 0.3) is 0 Å². The second-order valence-electron chi connectivity index (χ2n) is 7.21. The number of carbonyl (C=O) groups is 2. The van der Waals surface area contributed by atoms with Crippen molar-refractivity contribution in [1.82, 2.24) is 19.7 Å². The van der Waals surface area contributed by atoms with Crippen LogP contribution in [-0.4, -0.2) is 76.8 Å². The van der Waals surface area contributed by atoms with E-state index in [1.807, 2.05) is 9.80 Å². The van der Waals surface area contributed by atoms with Crippen molar-refractivity contribution in [2.75, 3.05) is 39.3 Å². The number of piperazine rings is 1. The zero-order valence-corrected chi connectivity index (χ0v) is 16.0. The van der Waals surface area contributed by atoms with Crippen molar-refractivity contribution in [3.8, 4) is 0 Å². The molecule has 0 spiro atoms. The molecule has 6 nitrogen and oxygen atoms in total. The number of nitrogens with zero attached hydrogens (tertiary/aromatic N) is 4. The number of aromatic nitrogens is 1. The average Bonchev–Trinajstić information content (AvgIpc) is 2.72. The molecule has 0 aromatic carbocycles. The van der Waals surface area contributed by atoms with Gasteiger partial charge in [0.1, 0.15) is 5.69 Å². The molecule has 0 saturated carbocycles. The lowest BCUT2D eigenvalue weighted by Gasteiger charge is -2.35. The van der Waals surface area contributed by atoms with Crippen molar-refractivity contribution in [2.24, 2.45) is 0 Å². The van der Waals surface area contributed by atoms with Crippen LogP contribution in [0.5, 0.6) is 0 Å². The van der Waals surface area contributed by atoms with E-state index >= 15 is 0 Å². The summed E-state index contributed by atoms with van der Waals surface area (Å²) in [4.78, 5) is 36.2. The van der Waals surface area contributed by atoms with Gasteiger partial charge in [0.05, 0.1) is 0 Å². The van der Waals surface area contributed by atoms with Gasteiger partial charge in [0.25, 0.3) is 11.8 Å². The van der Waals surface area contributed by atoms with Crippen molar-refractivity contribution >= 4 is 11.8 Å². The van der Waals surface area contributed by atoms with Gasteiger partial charge >= 0.3 is 0 Å². The molecule has 26 heavy (non-hydrogen) atoms. The van der Waals surface area contributed by atoms with Gasteiger partial charge in [-0.05, 0) is 44.4 Å². The smallest absolute Gasteiger partial charge is 0.272 e. The number of likely N-dealkylation sites (tertiary alicyclic amines) is 1. The summed E-state index contributed by atoms with van der Waals surface area (Å²) in [5, 5.41) is 0. The van der Waals surface area contributed by atoms with Crippen LogP contribution in [-0.2, 0) is 0 Å². The van der Waals surface area contributed by atoms with Crippen molar-refractivity contribution < 1.29 is 9.59 Å². The molecule has 0 radical (unpaired) electrons. The van der Waals surface area contributed by atoms with Crippen molar-refractivity contribution in [3.63, 3.8) is 0 Å². The molecule has 1 atom stereocenters. The van der Waals surface area contributed by atoms with E-state index in [4.69, 9.17) is 0 Å². The first-order valence-corrected chi connectivity index (χ1v) is 9.92. The Morgan fingerprint density at radius 2 is 1.85 bits per heavy atom. The molecule has 2 fully saturated rings. The molecule has 0 aliphatic carbocycles. The molecule has 1 aromatic heterocycles. The molecule has 142 valence electrons. The van der Waals surface area contributed by atoms with Crippen molar-refractivity contribution in [1.29, 1.82) is 0 Å². The zero-order valence-electron chi connectivity index (χ0n) is 16.0. The fraction of sp³-hybridized carbons (Fsp3) is 0.650. The van der Waals surface area contributed by atoms with Crippen LogP contribution < -0.4 is 0 Å². The Kier molecular flexibility index (Phi) is 6.25. The van der Waals surface area contributed by atoms with Gasteiger partial charge in [-0.3, -0.25) is 14.6 Å². The van der Waals surface area contributed by atoms with E-state index in [2.05, 4.69) is 23.7 Å². The molecule has 1 unspecified atom stereocenters. The quantitative estimate of drug-likeness (QED) is 0.828. The Morgan fingerprint density at radius 3 is 2.54 bits per heavy atom. The number of pyridine rings is 1. The first-order chi connectivity index (χ1) is 12.6. The third kappa shape index (κ3) is 4.06. The third-order valence-electron chi connectivity index (χ3n) is 5.69. The maximum atomic E-state index is 13.0. The second kappa shape index (κ2) is 8.62. The molecule has 1 aromatic rings. The number of likely N-dealkylation sites (N-methyl/N-ethyl adjacent to an activating group) is 1. The summed E-state index contributed by atoms with van der Waals surface area (Å²) in [5.41, 5.74) is 0.960. The van der Waals surface area contributed by atoms with Crippen molar-refractivity contribution in [2.45, 2.75) is 45.6 Å². The third-order valence-corrected chi connectivity index (χ3v) is 5.69. The van der Waals surface area contributed by atoms with Crippen LogP contribution in [0.1, 0.15) is 60.4 Å². The van der Waals surface area contributed by atoms with Gasteiger partial charge in [-0.1, -0.05) is 13.8 Å². The highest BCUT2D eigenvalue weighted by molar-refractivity contribution is 5.98. The fourth-order valence-electron chi connectivity index (χ4n) is 3.97. The molecular formula is C20H30N4O2. The highest BCUT2D eigenvalue weighted by atomic mass is 16.2. The number of amides is 2. The van der Waals surface area contributed by atoms with Crippen LogP contribution in [0.15, 0.2) is 18.3 Å². The van der Waals surface area contributed by atoms with Gasteiger partial charge < -0.3 is 14.7 Å². The van der Waals surface area contributed by atoms with E-state index in [0.29, 0.717) is 17.3 Å². The van der Waals surface area contributed by atoms with Crippen LogP contribution >= 0.6 is 0 Å². The lowest BCUT2D eigenvalue weighted by Crippen LogP contribution is -2.48. The first kappa shape index (κ1) is 18.8. The maximum absolute atomic E-state index is 13.0. The molecule has 2 aliphatic heterocycles. The predicted molar refractivity (Wildman–Crippen MR) is 101 cm³/mol. The van der Waals surface area contributed by atoms with Crippen molar-refractivity contribution in [3.05, 3.63) is 29.6 Å². The van der Waals surface area contributed by atoms with E-state index in [1.165, 1.54) is 6.42 Å². The predicted octanol–water partition coefficient (Wildman–Crippen LogP) is 2.26. The topological polar surface area (TPSA) is 56.8 Å². The fourth-order valence-corrected chi connectivity index (χ4v) is 3.97. The molecule has 2 amide bonds. The minimum absolute atomic E-state index is 0.0313. The Bertz CT molecular complexity index is 640. The normalized spacial score (nSPS) is 21.7. The highest BCUT2D eigenvalue weighted by Gasteiger charge is 2.27. The molecule has 3 rings (SSSR count). The molecule has 0 bridgehead atoms. The van der Waals surface area contributed by atoms with Gasteiger partial charge in [-0.25, -0.2) is 0 Å². The Labute approximate surface area is 156 Å². The van der Waals surface area contributed by atoms with Crippen LogP contribution in [0.4, 0.5) is 0 Å². The number of piperidine rings is 1. The van der Waals surface area contributed by atoms with E-state index < -0.39 is 0 Å². The van der Waals surface area contributed by atoms with E-state index in [9.17, 15) is 9.59 Å². The average molecular weight is 358 g/mol. The van der Waals surface area contributed by atoms with Gasteiger partial charge in [-0.2, -0.15) is 0 Å². The Balaban J connectivity index is 1.71. The minimum Gasteiger partial charge on any atom is -0.336 e. The van der Waals surface area contributed by atoms with Crippen LogP contribution in [0.3, 0.4) is 0 Å². The Hall–Kier alpha value is -1.95. The summed E-state index contributed by atoms with van der Waals surface area (Å²) < 4.78 is 0. The van der Waals surface area contributed by atoms with E-state index in [1.54, 1.807) is 18.3 Å². The van der Waals surface area contributed by atoms with Crippen LogP contribution in [0.2, 0.25) is 0 Å². The summed E-state index contributed by atoms with van der Waals surface area (Å²) >= 11 is 0. The lowest BCUT2D eigenvalue weighted by atomic mass is 9.99. The van der Waals surface area contributed by atoms with E-state index in [0.717, 1.165) is 58.5 Å². The maximum Gasteiger partial charge on any atom is 0.272 e. The second-order valence-corrected chi connectivity index (χ2v) is 7.21. The molecule has 0 N–H and O–H groups in total. The van der Waals surface area contributed by atoms with Gasteiger partial charge in [-0.15, -0.1) is 0 Å². The van der Waals surface area contributed by atoms with Crippen LogP contribution in [0, 0.1) is 0 Å². The molecule has 2 saturated heterocycles. The first-order valence-electron chi connectivity index (χ1n) is 9.92. The summed E-state index contributed by atoms with van der Waals surface area (Å²) in [5.74, 6) is -0.0371. The molecule has 3 heterocycles. The van der Waals surface area contributed by atoms with Gasteiger partial charge in [0.2, 0.25) is 0 Å².